The van der Waals surface area contributed by atoms with Gasteiger partial charge in [-0.15, -0.1) is 0 Å². The van der Waals surface area contributed by atoms with Crippen LogP contribution in [0.3, 0.4) is 0 Å². The number of halogens is 4. The molecule has 0 radical (unpaired) electrons. The van der Waals surface area contributed by atoms with Crippen molar-refractivity contribution in [2.24, 2.45) is 0 Å². The van der Waals surface area contributed by atoms with E-state index in [2.05, 4.69) is 15.9 Å². The summed E-state index contributed by atoms with van der Waals surface area (Å²) in [6, 6.07) is 14.2. The van der Waals surface area contributed by atoms with Crippen molar-refractivity contribution < 1.29 is 27.4 Å². The van der Waals surface area contributed by atoms with Crippen molar-refractivity contribution in [2.75, 3.05) is 11.9 Å². The number of hydrogen-bond acceptors (Lipinski definition) is 3. The average molecular weight is 458 g/mol. The van der Waals surface area contributed by atoms with Gasteiger partial charge in [-0.05, 0) is 31.4 Å². The van der Waals surface area contributed by atoms with E-state index in [1.54, 1.807) is 48.5 Å². The molecular weight excluding hydrogens is 439 g/mol. The molecule has 28 heavy (non-hydrogen) atoms. The van der Waals surface area contributed by atoms with Crippen molar-refractivity contribution in [1.29, 1.82) is 0 Å². The molecule has 1 aliphatic rings. The summed E-state index contributed by atoms with van der Waals surface area (Å²) in [5, 5.41) is 2.58. The van der Waals surface area contributed by atoms with Gasteiger partial charge >= 0.3 is 12.3 Å². The molecule has 0 aromatic heterocycles. The number of nitrogens with one attached hydrogen (secondary N) is 1. The van der Waals surface area contributed by atoms with Crippen molar-refractivity contribution in [1.82, 2.24) is 5.32 Å². The van der Waals surface area contributed by atoms with Crippen LogP contribution in [-0.4, -0.2) is 24.1 Å². The molecule has 0 fully saturated rings. The number of carbonyl (C=O) groups excluding carboxylic acids is 1. The van der Waals surface area contributed by atoms with Gasteiger partial charge in [0.25, 0.3) is 0 Å². The molecule has 3 rings (SSSR count). The van der Waals surface area contributed by atoms with Gasteiger partial charge in [0.1, 0.15) is 18.0 Å². The normalized spacial score (nSPS) is 14.4. The van der Waals surface area contributed by atoms with Crippen LogP contribution in [-0.2, 0) is 10.3 Å². The Labute approximate surface area is 169 Å². The average Bonchev–Trinajstić information content (AvgIpc) is 2.66. The smallest absolute Gasteiger partial charge is 0.408 e. The first-order chi connectivity index (χ1) is 13.4. The molecular formula is C20H19BrF3NO3. The number of amides is 1. The van der Waals surface area contributed by atoms with E-state index in [0.29, 0.717) is 35.5 Å². The Kier molecular flexibility index (Phi) is 6.17. The van der Waals surface area contributed by atoms with E-state index in [1.807, 2.05) is 5.32 Å². The second kappa shape index (κ2) is 8.43. The number of fused-ring (bicyclic) bond motifs is 2. The Morgan fingerprint density at radius 2 is 1.61 bits per heavy atom. The number of hydrogen-bond donors (Lipinski definition) is 1. The van der Waals surface area contributed by atoms with E-state index in [9.17, 15) is 18.0 Å². The summed E-state index contributed by atoms with van der Waals surface area (Å²) >= 11 is 3.38. The maximum atomic E-state index is 12.5. The highest BCUT2D eigenvalue weighted by Gasteiger charge is 2.45. The van der Waals surface area contributed by atoms with Crippen LogP contribution < -0.4 is 10.1 Å². The van der Waals surface area contributed by atoms with Gasteiger partial charge in [-0.2, -0.15) is 13.2 Å². The van der Waals surface area contributed by atoms with Gasteiger partial charge in [-0.1, -0.05) is 52.3 Å². The van der Waals surface area contributed by atoms with Gasteiger partial charge in [0.2, 0.25) is 0 Å². The molecule has 1 aliphatic heterocycles. The molecule has 0 spiro atoms. The van der Waals surface area contributed by atoms with E-state index in [-0.39, 0.29) is 0 Å². The third-order valence-corrected chi connectivity index (χ3v) is 5.04. The van der Waals surface area contributed by atoms with Crippen molar-refractivity contribution in [2.45, 2.75) is 31.0 Å². The lowest BCUT2D eigenvalue weighted by molar-refractivity contribution is -0.124. The summed E-state index contributed by atoms with van der Waals surface area (Å²) < 4.78 is 49.2. The van der Waals surface area contributed by atoms with Crippen LogP contribution in [0.1, 0.15) is 30.4 Å². The third kappa shape index (κ3) is 4.43. The van der Waals surface area contributed by atoms with Crippen LogP contribution in [0, 0.1) is 0 Å². The van der Waals surface area contributed by atoms with Crippen molar-refractivity contribution in [3.63, 3.8) is 0 Å². The molecule has 0 bridgehead atoms. The van der Waals surface area contributed by atoms with Gasteiger partial charge in [0.15, 0.2) is 5.60 Å². The largest absolute Gasteiger partial charge is 0.456 e. The monoisotopic (exact) mass is 457 g/mol. The number of alkyl halides is 4. The highest BCUT2D eigenvalue weighted by atomic mass is 79.9. The number of carbonyl (C=O) groups is 1. The molecule has 1 N–H and O–H groups in total. The lowest BCUT2D eigenvalue weighted by Crippen LogP contribution is -2.42. The molecule has 0 atom stereocenters. The summed E-state index contributed by atoms with van der Waals surface area (Å²) in [6.07, 6.45) is -3.72. The zero-order valence-corrected chi connectivity index (χ0v) is 16.5. The van der Waals surface area contributed by atoms with Crippen molar-refractivity contribution in [3.05, 3.63) is 59.7 Å². The minimum absolute atomic E-state index is 0.412. The van der Waals surface area contributed by atoms with E-state index in [0.717, 1.165) is 11.8 Å². The molecule has 2 aromatic rings. The van der Waals surface area contributed by atoms with E-state index >= 15 is 0 Å². The number of rotatable bonds is 6. The van der Waals surface area contributed by atoms with Crippen molar-refractivity contribution in [3.8, 4) is 11.5 Å². The van der Waals surface area contributed by atoms with Crippen LogP contribution >= 0.6 is 15.9 Å². The zero-order valence-electron chi connectivity index (χ0n) is 14.9. The van der Waals surface area contributed by atoms with Crippen LogP contribution in [0.5, 0.6) is 11.5 Å². The first kappa shape index (κ1) is 20.5. The molecule has 1 amide bonds. The minimum atomic E-state index is -4.52. The quantitative estimate of drug-likeness (QED) is 0.434. The standard InChI is InChI=1S/C20H19BrF3NO3/c21-12-6-5-11-19(28-18(26)25-13-20(22,23)24)14-7-1-3-9-16(14)27-17-10-4-2-8-15(17)19/h1-4,7-10H,5-6,11-13H2,(H,25,26). The number of para-hydroxylation sites is 2. The summed E-state index contributed by atoms with van der Waals surface area (Å²) in [5.41, 5.74) is -0.000569. The molecule has 4 nitrogen and oxygen atoms in total. The highest BCUT2D eigenvalue weighted by Crippen LogP contribution is 2.51. The minimum Gasteiger partial charge on any atom is -0.456 e. The fourth-order valence-electron chi connectivity index (χ4n) is 3.31. The number of alkyl carbamates (subject to hydrolysis) is 1. The Bertz CT molecular complexity index is 796. The Morgan fingerprint density at radius 1 is 1.04 bits per heavy atom. The number of unbranched alkanes of at least 4 members (excludes halogenated alkanes) is 1. The molecule has 2 aromatic carbocycles. The van der Waals surface area contributed by atoms with Gasteiger partial charge < -0.3 is 14.8 Å². The maximum absolute atomic E-state index is 12.5. The predicted molar refractivity (Wildman–Crippen MR) is 102 cm³/mol. The fourth-order valence-corrected chi connectivity index (χ4v) is 3.70. The van der Waals surface area contributed by atoms with E-state index in [4.69, 9.17) is 9.47 Å². The van der Waals surface area contributed by atoms with Gasteiger partial charge in [0.05, 0.1) is 0 Å². The third-order valence-electron chi connectivity index (χ3n) is 4.48. The first-order valence-electron chi connectivity index (χ1n) is 8.82. The Morgan fingerprint density at radius 3 is 2.14 bits per heavy atom. The number of benzene rings is 2. The first-order valence-corrected chi connectivity index (χ1v) is 9.94. The van der Waals surface area contributed by atoms with Crippen LogP contribution in [0.25, 0.3) is 0 Å². The summed E-state index contributed by atoms with van der Waals surface area (Å²) in [6.45, 7) is -1.46. The van der Waals surface area contributed by atoms with Crippen LogP contribution in [0.4, 0.5) is 18.0 Å². The summed E-state index contributed by atoms with van der Waals surface area (Å²) in [7, 11) is 0. The lowest BCUT2D eigenvalue weighted by atomic mass is 9.79. The van der Waals surface area contributed by atoms with Gasteiger partial charge in [-0.3, -0.25) is 0 Å². The second-order valence-corrected chi connectivity index (χ2v) is 7.22. The molecule has 1 heterocycles. The lowest BCUT2D eigenvalue weighted by Gasteiger charge is -2.39. The fraction of sp³-hybridized carbons (Fsp3) is 0.350. The molecule has 0 saturated carbocycles. The van der Waals surface area contributed by atoms with E-state index < -0.39 is 24.4 Å². The summed E-state index contributed by atoms with van der Waals surface area (Å²) in [4.78, 5) is 12.3. The molecule has 0 unspecified atom stereocenters. The molecule has 0 saturated heterocycles. The molecule has 0 aliphatic carbocycles. The van der Waals surface area contributed by atoms with E-state index in [1.165, 1.54) is 0 Å². The topological polar surface area (TPSA) is 47.6 Å². The summed E-state index contributed by atoms with van der Waals surface area (Å²) in [5.74, 6) is 1.03. The Balaban J connectivity index is 2.02. The maximum Gasteiger partial charge on any atom is 0.408 e. The van der Waals surface area contributed by atoms with Crippen molar-refractivity contribution >= 4 is 22.0 Å². The number of ether oxygens (including phenoxy) is 2. The van der Waals surface area contributed by atoms with Gasteiger partial charge in [-0.25, -0.2) is 4.79 Å². The van der Waals surface area contributed by atoms with Crippen LogP contribution in [0.2, 0.25) is 0 Å². The van der Waals surface area contributed by atoms with Crippen LogP contribution in [0.15, 0.2) is 48.5 Å². The predicted octanol–water partition coefficient (Wildman–Crippen LogP) is 5.89. The van der Waals surface area contributed by atoms with Gasteiger partial charge in [0, 0.05) is 16.5 Å². The SMILES string of the molecule is O=C(NCC(F)(F)F)OC1(CCCCBr)c2ccccc2Oc2ccccc21. The second-order valence-electron chi connectivity index (χ2n) is 6.43. The highest BCUT2D eigenvalue weighted by molar-refractivity contribution is 9.09. The molecule has 150 valence electrons. The zero-order chi connectivity index (χ0) is 20.2. The Hall–Kier alpha value is -2.22. The molecule has 8 heteroatoms.